The van der Waals surface area contributed by atoms with Gasteiger partial charge in [0, 0.05) is 29.3 Å². The van der Waals surface area contributed by atoms with E-state index in [1.165, 1.54) is 6.08 Å². The van der Waals surface area contributed by atoms with E-state index in [0.29, 0.717) is 17.6 Å². The normalized spacial score (nSPS) is 15.2. The lowest BCUT2D eigenvalue weighted by Crippen LogP contribution is -2.10. The molecule has 0 saturated heterocycles. The average molecular weight is 263 g/mol. The van der Waals surface area contributed by atoms with Crippen LogP contribution in [0.5, 0.6) is 0 Å². The molecule has 20 heavy (non-hydrogen) atoms. The fourth-order valence-electron chi connectivity index (χ4n) is 2.33. The highest BCUT2D eigenvalue weighted by atomic mass is 16.1. The van der Waals surface area contributed by atoms with Gasteiger partial charge in [0.25, 0.3) is 0 Å². The molecule has 0 fully saturated rings. The lowest BCUT2D eigenvalue weighted by atomic mass is 10.1. The molecule has 0 spiro atoms. The van der Waals surface area contributed by atoms with Crippen molar-refractivity contribution in [1.29, 1.82) is 0 Å². The van der Waals surface area contributed by atoms with E-state index in [0.717, 1.165) is 11.3 Å². The monoisotopic (exact) mass is 263 g/mol. The Hall–Kier alpha value is -2.68. The molecule has 98 valence electrons. The molecule has 0 saturated carbocycles. The van der Waals surface area contributed by atoms with Crippen LogP contribution in [-0.2, 0) is 11.2 Å². The zero-order valence-electron chi connectivity index (χ0n) is 10.8. The number of ketones is 1. The van der Waals surface area contributed by atoms with Gasteiger partial charge in [-0.1, -0.05) is 42.5 Å². The Labute approximate surface area is 116 Å². The van der Waals surface area contributed by atoms with Crippen molar-refractivity contribution >= 4 is 17.4 Å². The Kier molecular flexibility index (Phi) is 3.17. The standard InChI is InChI=1S/C17H13NO2/c19-16(18-14-7-2-1-3-8-14)11-13-10-12-6-4-5-9-15(12)17(13)20/h1-9,11H,10H2,(H,18,19). The number of amides is 1. The molecular formula is C17H13NO2. The van der Waals surface area contributed by atoms with E-state index in [1.54, 1.807) is 6.07 Å². The summed E-state index contributed by atoms with van der Waals surface area (Å²) in [4.78, 5) is 24.1. The topological polar surface area (TPSA) is 46.2 Å². The van der Waals surface area contributed by atoms with E-state index in [4.69, 9.17) is 0 Å². The van der Waals surface area contributed by atoms with Crippen LogP contribution in [0.1, 0.15) is 15.9 Å². The Morgan fingerprint density at radius 1 is 1.00 bits per heavy atom. The largest absolute Gasteiger partial charge is 0.323 e. The first-order valence-corrected chi connectivity index (χ1v) is 6.43. The zero-order chi connectivity index (χ0) is 13.9. The highest BCUT2D eigenvalue weighted by molar-refractivity contribution is 6.16. The molecule has 0 aliphatic heterocycles. The smallest absolute Gasteiger partial charge is 0.248 e. The second-order valence-corrected chi connectivity index (χ2v) is 4.69. The van der Waals surface area contributed by atoms with Gasteiger partial charge in [-0.2, -0.15) is 0 Å². The van der Waals surface area contributed by atoms with Crippen LogP contribution in [0.25, 0.3) is 0 Å². The van der Waals surface area contributed by atoms with Crippen molar-refractivity contribution in [3.05, 3.63) is 77.4 Å². The van der Waals surface area contributed by atoms with E-state index in [-0.39, 0.29) is 11.7 Å². The quantitative estimate of drug-likeness (QED) is 0.847. The van der Waals surface area contributed by atoms with Crippen molar-refractivity contribution in [2.75, 3.05) is 5.32 Å². The Morgan fingerprint density at radius 3 is 2.45 bits per heavy atom. The van der Waals surface area contributed by atoms with Crippen LogP contribution in [0, 0.1) is 0 Å². The summed E-state index contributed by atoms with van der Waals surface area (Å²) in [6.07, 6.45) is 1.92. The molecule has 2 aromatic carbocycles. The molecule has 0 atom stereocenters. The molecule has 3 rings (SSSR count). The van der Waals surface area contributed by atoms with Gasteiger partial charge in [-0.25, -0.2) is 0 Å². The maximum absolute atomic E-state index is 12.1. The fraction of sp³-hybridized carbons (Fsp3) is 0.0588. The SMILES string of the molecule is O=C(C=C1Cc2ccccc2C1=O)Nc1ccccc1. The number of para-hydroxylation sites is 1. The second kappa shape index (κ2) is 5.13. The predicted molar refractivity (Wildman–Crippen MR) is 77.6 cm³/mol. The Balaban J connectivity index is 1.78. The summed E-state index contributed by atoms with van der Waals surface area (Å²) in [5.41, 5.74) is 2.94. The van der Waals surface area contributed by atoms with Crippen molar-refractivity contribution < 1.29 is 9.59 Å². The summed E-state index contributed by atoms with van der Waals surface area (Å²) < 4.78 is 0. The Bertz CT molecular complexity index is 702. The molecule has 3 nitrogen and oxygen atoms in total. The van der Waals surface area contributed by atoms with Gasteiger partial charge in [0.15, 0.2) is 5.78 Å². The van der Waals surface area contributed by atoms with Gasteiger partial charge in [0.05, 0.1) is 0 Å². The zero-order valence-corrected chi connectivity index (χ0v) is 10.8. The number of rotatable bonds is 2. The number of allylic oxidation sites excluding steroid dienone is 1. The summed E-state index contributed by atoms with van der Waals surface area (Å²) in [5, 5.41) is 2.75. The molecule has 0 bridgehead atoms. The first-order valence-electron chi connectivity index (χ1n) is 6.43. The van der Waals surface area contributed by atoms with Gasteiger partial charge in [0.1, 0.15) is 0 Å². The highest BCUT2D eigenvalue weighted by Gasteiger charge is 2.24. The predicted octanol–water partition coefficient (Wildman–Crippen LogP) is 2.99. The van der Waals surface area contributed by atoms with Gasteiger partial charge < -0.3 is 5.32 Å². The van der Waals surface area contributed by atoms with Crippen molar-refractivity contribution in [2.45, 2.75) is 6.42 Å². The number of hydrogen-bond acceptors (Lipinski definition) is 2. The third kappa shape index (κ3) is 2.38. The van der Waals surface area contributed by atoms with Gasteiger partial charge in [0.2, 0.25) is 5.91 Å². The van der Waals surface area contributed by atoms with Crippen molar-refractivity contribution in [1.82, 2.24) is 0 Å². The first kappa shape index (κ1) is 12.4. The number of benzene rings is 2. The average Bonchev–Trinajstić information content (AvgIpc) is 2.77. The van der Waals surface area contributed by atoms with Crippen LogP contribution in [0.2, 0.25) is 0 Å². The fourth-order valence-corrected chi connectivity index (χ4v) is 2.33. The molecular weight excluding hydrogens is 250 g/mol. The second-order valence-electron chi connectivity index (χ2n) is 4.69. The lowest BCUT2D eigenvalue weighted by molar-refractivity contribution is -0.112. The number of hydrogen-bond donors (Lipinski definition) is 1. The molecule has 0 unspecified atom stereocenters. The molecule has 0 aromatic heterocycles. The minimum Gasteiger partial charge on any atom is -0.323 e. The third-order valence-electron chi connectivity index (χ3n) is 3.28. The summed E-state index contributed by atoms with van der Waals surface area (Å²) in [5.74, 6) is -0.323. The maximum Gasteiger partial charge on any atom is 0.248 e. The number of anilines is 1. The summed E-state index contributed by atoms with van der Waals surface area (Å²) in [6, 6.07) is 16.6. The van der Waals surface area contributed by atoms with E-state index in [1.807, 2.05) is 48.5 Å². The first-order chi connectivity index (χ1) is 9.74. The summed E-state index contributed by atoms with van der Waals surface area (Å²) in [6.45, 7) is 0. The van der Waals surface area contributed by atoms with Gasteiger partial charge in [-0.05, 0) is 17.7 Å². The number of fused-ring (bicyclic) bond motifs is 1. The summed E-state index contributed by atoms with van der Waals surface area (Å²) >= 11 is 0. The van der Waals surface area contributed by atoms with E-state index in [9.17, 15) is 9.59 Å². The molecule has 0 heterocycles. The molecule has 1 N–H and O–H groups in total. The van der Waals surface area contributed by atoms with Crippen LogP contribution in [0.15, 0.2) is 66.2 Å². The number of Topliss-reactive ketones (excluding diaryl/α,β-unsaturated/α-hetero) is 1. The van der Waals surface area contributed by atoms with Crippen LogP contribution >= 0.6 is 0 Å². The van der Waals surface area contributed by atoms with Crippen LogP contribution in [-0.4, -0.2) is 11.7 Å². The third-order valence-corrected chi connectivity index (χ3v) is 3.28. The highest BCUT2D eigenvalue weighted by Crippen LogP contribution is 2.25. The van der Waals surface area contributed by atoms with E-state index < -0.39 is 0 Å². The number of nitrogens with one attached hydrogen (secondary N) is 1. The number of carbonyl (C=O) groups is 2. The maximum atomic E-state index is 12.1. The molecule has 3 heteroatoms. The van der Waals surface area contributed by atoms with Crippen molar-refractivity contribution in [3.63, 3.8) is 0 Å². The lowest BCUT2D eigenvalue weighted by Gasteiger charge is -2.01. The molecule has 1 aliphatic rings. The number of carbonyl (C=O) groups excluding carboxylic acids is 2. The van der Waals surface area contributed by atoms with Crippen LogP contribution < -0.4 is 5.32 Å². The van der Waals surface area contributed by atoms with Gasteiger partial charge >= 0.3 is 0 Å². The van der Waals surface area contributed by atoms with Crippen LogP contribution in [0.3, 0.4) is 0 Å². The molecule has 2 aromatic rings. The van der Waals surface area contributed by atoms with Gasteiger partial charge in [-0.3, -0.25) is 9.59 Å². The van der Waals surface area contributed by atoms with E-state index >= 15 is 0 Å². The van der Waals surface area contributed by atoms with Crippen LogP contribution in [0.4, 0.5) is 5.69 Å². The van der Waals surface area contributed by atoms with E-state index in [2.05, 4.69) is 5.32 Å². The Morgan fingerprint density at radius 2 is 1.70 bits per heavy atom. The van der Waals surface area contributed by atoms with Crippen molar-refractivity contribution in [2.24, 2.45) is 0 Å². The molecule has 1 aliphatic carbocycles. The minimum absolute atomic E-state index is 0.0520. The minimum atomic E-state index is -0.271. The molecule has 1 amide bonds. The van der Waals surface area contributed by atoms with Crippen molar-refractivity contribution in [3.8, 4) is 0 Å². The van der Waals surface area contributed by atoms with Gasteiger partial charge in [-0.15, -0.1) is 0 Å². The molecule has 0 radical (unpaired) electrons. The summed E-state index contributed by atoms with van der Waals surface area (Å²) in [7, 11) is 0.